The lowest BCUT2D eigenvalue weighted by Gasteiger charge is -2.30. The summed E-state index contributed by atoms with van der Waals surface area (Å²) in [4.78, 5) is 6.36. The second-order valence-corrected chi connectivity index (χ2v) is 5.96. The molecule has 3 rings (SSSR count). The van der Waals surface area contributed by atoms with Crippen molar-refractivity contribution in [3.05, 3.63) is 17.1 Å². The van der Waals surface area contributed by atoms with Gasteiger partial charge in [-0.15, -0.1) is 16.4 Å². The summed E-state index contributed by atoms with van der Waals surface area (Å²) >= 11 is 1.45. The van der Waals surface area contributed by atoms with Crippen molar-refractivity contribution in [2.75, 3.05) is 23.7 Å². The maximum absolute atomic E-state index is 9.37. The number of nitrogens with two attached hydrogens (primary N) is 1. The normalized spacial score (nSPS) is 16.3. The van der Waals surface area contributed by atoms with E-state index in [1.807, 2.05) is 5.38 Å². The molecule has 0 aromatic carbocycles. The molecule has 1 fully saturated rings. The van der Waals surface area contributed by atoms with Gasteiger partial charge in [0, 0.05) is 24.7 Å². The Hall–Kier alpha value is -2.07. The molecule has 2 aromatic rings. The molecule has 1 aliphatic rings. The first-order valence-corrected chi connectivity index (χ1v) is 7.52. The van der Waals surface area contributed by atoms with Crippen LogP contribution in [0.25, 0.3) is 5.13 Å². The SMILES string of the molecule is CC1CCN(c2nn(-c3nccs3)c(N)c2C#N)CC1. The second-order valence-electron chi connectivity index (χ2n) is 5.09. The van der Waals surface area contributed by atoms with Gasteiger partial charge in [0.1, 0.15) is 17.5 Å². The van der Waals surface area contributed by atoms with Crippen LogP contribution in [0, 0.1) is 17.2 Å². The third-order valence-corrected chi connectivity index (χ3v) is 4.45. The number of thiazole rings is 1. The van der Waals surface area contributed by atoms with Crippen molar-refractivity contribution < 1.29 is 0 Å². The predicted octanol–water partition coefficient (Wildman–Crippen LogP) is 2.02. The zero-order chi connectivity index (χ0) is 14.1. The Bertz CT molecular complexity index is 631. The number of nitriles is 1. The van der Waals surface area contributed by atoms with Crippen LogP contribution in [0.1, 0.15) is 25.3 Å². The molecule has 6 nitrogen and oxygen atoms in total. The highest BCUT2D eigenvalue weighted by Gasteiger charge is 2.25. The monoisotopic (exact) mass is 288 g/mol. The maximum atomic E-state index is 9.37. The van der Waals surface area contributed by atoms with E-state index in [1.165, 1.54) is 11.3 Å². The van der Waals surface area contributed by atoms with Crippen molar-refractivity contribution in [1.29, 1.82) is 5.26 Å². The lowest BCUT2D eigenvalue weighted by molar-refractivity contribution is 0.436. The molecule has 104 valence electrons. The highest BCUT2D eigenvalue weighted by atomic mass is 32.1. The highest BCUT2D eigenvalue weighted by Crippen LogP contribution is 2.30. The molecule has 0 aliphatic carbocycles. The minimum atomic E-state index is 0.371. The summed E-state index contributed by atoms with van der Waals surface area (Å²) in [5.41, 5.74) is 6.51. The molecule has 0 amide bonds. The molecule has 2 N–H and O–H groups in total. The number of aromatic nitrogens is 3. The molecule has 0 saturated carbocycles. The first kappa shape index (κ1) is 12.9. The second kappa shape index (κ2) is 5.13. The summed E-state index contributed by atoms with van der Waals surface area (Å²) < 4.78 is 1.57. The Kier molecular flexibility index (Phi) is 3.32. The molecular formula is C13H16N6S. The fraction of sp³-hybridized carbons (Fsp3) is 0.462. The van der Waals surface area contributed by atoms with E-state index in [-0.39, 0.29) is 0 Å². The van der Waals surface area contributed by atoms with Crippen LogP contribution in [0.3, 0.4) is 0 Å². The number of nitrogens with zero attached hydrogens (tertiary/aromatic N) is 5. The van der Waals surface area contributed by atoms with Gasteiger partial charge in [-0.05, 0) is 18.8 Å². The lowest BCUT2D eigenvalue weighted by Crippen LogP contribution is -2.33. The molecule has 2 aromatic heterocycles. The van der Waals surface area contributed by atoms with Crippen molar-refractivity contribution in [3.8, 4) is 11.2 Å². The van der Waals surface area contributed by atoms with E-state index in [0.717, 1.165) is 31.8 Å². The van der Waals surface area contributed by atoms with E-state index in [4.69, 9.17) is 5.73 Å². The quantitative estimate of drug-likeness (QED) is 0.914. The molecule has 7 heteroatoms. The van der Waals surface area contributed by atoms with Gasteiger partial charge in [-0.25, -0.2) is 4.98 Å². The third-order valence-electron chi connectivity index (χ3n) is 3.70. The molecule has 0 unspecified atom stereocenters. The number of piperidine rings is 1. The van der Waals surface area contributed by atoms with Crippen LogP contribution >= 0.6 is 11.3 Å². The average molecular weight is 288 g/mol. The Morgan fingerprint density at radius 3 is 2.80 bits per heavy atom. The van der Waals surface area contributed by atoms with Crippen molar-refractivity contribution in [2.24, 2.45) is 5.92 Å². The first-order valence-electron chi connectivity index (χ1n) is 6.64. The van der Waals surface area contributed by atoms with Gasteiger partial charge in [0.15, 0.2) is 5.82 Å². The summed E-state index contributed by atoms with van der Waals surface area (Å²) in [5, 5.41) is 16.4. The van der Waals surface area contributed by atoms with Gasteiger partial charge >= 0.3 is 0 Å². The number of hydrogen-bond donors (Lipinski definition) is 1. The van der Waals surface area contributed by atoms with E-state index in [1.54, 1.807) is 10.9 Å². The molecule has 1 saturated heterocycles. The average Bonchev–Trinajstić information content (AvgIpc) is 3.07. The fourth-order valence-corrected chi connectivity index (χ4v) is 3.04. The number of rotatable bonds is 2. The lowest BCUT2D eigenvalue weighted by atomic mass is 9.99. The molecule has 20 heavy (non-hydrogen) atoms. The Labute approximate surface area is 121 Å². The smallest absolute Gasteiger partial charge is 0.212 e. The summed E-state index contributed by atoms with van der Waals surface area (Å²) in [7, 11) is 0. The van der Waals surface area contributed by atoms with Crippen LogP contribution in [-0.2, 0) is 0 Å². The van der Waals surface area contributed by atoms with Gasteiger partial charge in [-0.1, -0.05) is 6.92 Å². The Balaban J connectivity index is 1.99. The zero-order valence-electron chi connectivity index (χ0n) is 11.3. The molecule has 3 heterocycles. The zero-order valence-corrected chi connectivity index (χ0v) is 12.1. The van der Waals surface area contributed by atoms with Gasteiger partial charge in [0.25, 0.3) is 0 Å². The van der Waals surface area contributed by atoms with Gasteiger partial charge in [0.2, 0.25) is 5.13 Å². The van der Waals surface area contributed by atoms with E-state index in [9.17, 15) is 5.26 Å². The first-order chi connectivity index (χ1) is 9.70. The van der Waals surface area contributed by atoms with Crippen LogP contribution in [-0.4, -0.2) is 27.9 Å². The molecule has 0 spiro atoms. The standard InChI is InChI=1S/C13H16N6S/c1-9-2-5-18(6-3-9)12-10(8-14)11(15)19(17-12)13-16-4-7-20-13/h4,7,9H,2-3,5-6,15H2,1H3. The maximum Gasteiger partial charge on any atom is 0.212 e. The molecule has 0 atom stereocenters. The number of anilines is 2. The Morgan fingerprint density at radius 2 is 2.20 bits per heavy atom. The van der Waals surface area contributed by atoms with Crippen molar-refractivity contribution in [2.45, 2.75) is 19.8 Å². The molecule has 0 radical (unpaired) electrons. The van der Waals surface area contributed by atoms with E-state index < -0.39 is 0 Å². The molecular weight excluding hydrogens is 272 g/mol. The van der Waals surface area contributed by atoms with Crippen LogP contribution < -0.4 is 10.6 Å². The van der Waals surface area contributed by atoms with E-state index >= 15 is 0 Å². The van der Waals surface area contributed by atoms with Crippen LogP contribution in [0.5, 0.6) is 0 Å². The van der Waals surface area contributed by atoms with Gasteiger partial charge in [-0.3, -0.25) is 0 Å². The van der Waals surface area contributed by atoms with Gasteiger partial charge in [-0.2, -0.15) is 9.94 Å². The summed E-state index contributed by atoms with van der Waals surface area (Å²) in [6.07, 6.45) is 3.94. The molecule has 1 aliphatic heterocycles. The summed E-state index contributed by atoms with van der Waals surface area (Å²) in [5.74, 6) is 1.79. The summed E-state index contributed by atoms with van der Waals surface area (Å²) in [6, 6.07) is 2.18. The van der Waals surface area contributed by atoms with E-state index in [0.29, 0.717) is 22.3 Å². The fourth-order valence-electron chi connectivity index (χ4n) is 2.43. The largest absolute Gasteiger partial charge is 0.382 e. The van der Waals surface area contributed by atoms with Crippen molar-refractivity contribution in [1.82, 2.24) is 14.8 Å². The van der Waals surface area contributed by atoms with E-state index in [2.05, 4.69) is 28.0 Å². The van der Waals surface area contributed by atoms with Gasteiger partial charge < -0.3 is 10.6 Å². The van der Waals surface area contributed by atoms with Crippen LogP contribution in [0.4, 0.5) is 11.6 Å². The van der Waals surface area contributed by atoms with Crippen molar-refractivity contribution in [3.63, 3.8) is 0 Å². The number of nitrogen functional groups attached to an aromatic ring is 1. The number of hydrogen-bond acceptors (Lipinski definition) is 6. The summed E-state index contributed by atoms with van der Waals surface area (Å²) in [6.45, 7) is 4.10. The van der Waals surface area contributed by atoms with Crippen LogP contribution in [0.15, 0.2) is 11.6 Å². The highest BCUT2D eigenvalue weighted by molar-refractivity contribution is 7.12. The minimum absolute atomic E-state index is 0.371. The van der Waals surface area contributed by atoms with Crippen LogP contribution in [0.2, 0.25) is 0 Å². The van der Waals surface area contributed by atoms with Crippen molar-refractivity contribution >= 4 is 23.0 Å². The third kappa shape index (κ3) is 2.12. The van der Waals surface area contributed by atoms with Gasteiger partial charge in [0.05, 0.1) is 0 Å². The molecule has 0 bridgehead atoms. The minimum Gasteiger partial charge on any atom is -0.382 e. The predicted molar refractivity (Wildman–Crippen MR) is 79.0 cm³/mol. The topological polar surface area (TPSA) is 83.8 Å². The Morgan fingerprint density at radius 1 is 1.45 bits per heavy atom.